The maximum absolute atomic E-state index is 12.1. The Morgan fingerprint density at radius 3 is 2.52 bits per heavy atom. The number of nitrogens with one attached hydrogen (secondary N) is 1. The topological polar surface area (TPSA) is 58.6 Å². The van der Waals surface area contributed by atoms with Crippen molar-refractivity contribution in [3.63, 3.8) is 0 Å². The molecule has 5 nitrogen and oxygen atoms in total. The minimum Gasteiger partial charge on any atom is -0.492 e. The number of ether oxygens (including phenoxy) is 1. The Bertz CT molecular complexity index is 531. The van der Waals surface area contributed by atoms with Gasteiger partial charge in [0.1, 0.15) is 12.4 Å². The van der Waals surface area contributed by atoms with E-state index in [-0.39, 0.29) is 11.8 Å². The Balaban J connectivity index is 2.14. The van der Waals surface area contributed by atoms with Gasteiger partial charge in [-0.25, -0.2) is 0 Å². The highest BCUT2D eigenvalue weighted by Crippen LogP contribution is 2.17. The van der Waals surface area contributed by atoms with Crippen molar-refractivity contribution in [2.45, 2.75) is 46.0 Å². The third-order valence-corrected chi connectivity index (χ3v) is 4.12. The monoisotopic (exact) mass is 412 g/mol. The second-order valence-electron chi connectivity index (χ2n) is 5.89. The Morgan fingerprint density at radius 2 is 1.88 bits per heavy atom. The molecule has 1 N–H and O–H groups in total. The average Bonchev–Trinajstić information content (AvgIpc) is 2.58. The predicted molar refractivity (Wildman–Crippen MR) is 104 cm³/mol. The van der Waals surface area contributed by atoms with Crippen LogP contribution in [0.1, 0.15) is 46.0 Å². The van der Waals surface area contributed by atoms with Gasteiger partial charge in [-0.05, 0) is 37.5 Å². The zero-order valence-electron chi connectivity index (χ0n) is 15.2. The van der Waals surface area contributed by atoms with E-state index in [0.29, 0.717) is 32.4 Å². The molecule has 0 saturated carbocycles. The molecule has 0 radical (unpaired) electrons. The van der Waals surface area contributed by atoms with Crippen LogP contribution in [-0.4, -0.2) is 43.0 Å². The Labute approximate surface area is 159 Å². The summed E-state index contributed by atoms with van der Waals surface area (Å²) in [4.78, 5) is 25.8. The molecule has 0 heterocycles. The first-order valence-corrected chi connectivity index (χ1v) is 9.79. The number of rotatable bonds is 12. The van der Waals surface area contributed by atoms with Crippen LogP contribution in [-0.2, 0) is 9.59 Å². The van der Waals surface area contributed by atoms with Gasteiger partial charge in [0.2, 0.25) is 11.8 Å². The van der Waals surface area contributed by atoms with E-state index < -0.39 is 0 Å². The first-order valence-electron chi connectivity index (χ1n) is 8.99. The summed E-state index contributed by atoms with van der Waals surface area (Å²) in [5.74, 6) is 0.874. The van der Waals surface area contributed by atoms with Crippen LogP contribution in [0.5, 0.6) is 5.75 Å². The normalized spacial score (nSPS) is 10.4. The Morgan fingerprint density at radius 1 is 1.16 bits per heavy atom. The van der Waals surface area contributed by atoms with Crippen molar-refractivity contribution in [2.75, 3.05) is 26.2 Å². The van der Waals surface area contributed by atoms with Gasteiger partial charge < -0.3 is 15.0 Å². The molecule has 0 aliphatic rings. The van der Waals surface area contributed by atoms with Gasteiger partial charge in [-0.2, -0.15) is 0 Å². The number of hydrogen-bond donors (Lipinski definition) is 1. The quantitative estimate of drug-likeness (QED) is 0.531. The number of hydrogen-bond acceptors (Lipinski definition) is 3. The van der Waals surface area contributed by atoms with Crippen LogP contribution in [0.4, 0.5) is 0 Å². The van der Waals surface area contributed by atoms with Crippen molar-refractivity contribution in [3.05, 3.63) is 28.7 Å². The number of amides is 2. The molecule has 6 heteroatoms. The maximum Gasteiger partial charge on any atom is 0.222 e. The van der Waals surface area contributed by atoms with Crippen LogP contribution in [0.25, 0.3) is 0 Å². The highest BCUT2D eigenvalue weighted by atomic mass is 79.9. The summed E-state index contributed by atoms with van der Waals surface area (Å²) < 4.78 is 6.52. The number of benzene rings is 1. The lowest BCUT2D eigenvalue weighted by Crippen LogP contribution is -2.33. The van der Waals surface area contributed by atoms with Crippen molar-refractivity contribution in [1.82, 2.24) is 10.2 Å². The molecular formula is C19H29BrN2O3. The third-order valence-electron chi connectivity index (χ3n) is 3.62. The van der Waals surface area contributed by atoms with Crippen molar-refractivity contribution in [2.24, 2.45) is 0 Å². The summed E-state index contributed by atoms with van der Waals surface area (Å²) >= 11 is 3.38. The van der Waals surface area contributed by atoms with E-state index in [4.69, 9.17) is 4.74 Å². The first kappa shape index (κ1) is 21.5. The van der Waals surface area contributed by atoms with E-state index in [1.807, 2.05) is 29.2 Å². The van der Waals surface area contributed by atoms with Crippen LogP contribution < -0.4 is 10.1 Å². The highest BCUT2D eigenvalue weighted by molar-refractivity contribution is 9.10. The fourth-order valence-corrected chi connectivity index (χ4v) is 2.84. The largest absolute Gasteiger partial charge is 0.492 e. The molecule has 0 saturated heterocycles. The summed E-state index contributed by atoms with van der Waals surface area (Å²) in [6.07, 6.45) is 3.31. The van der Waals surface area contributed by atoms with Gasteiger partial charge in [0, 0.05) is 30.4 Å². The number of nitrogens with zero attached hydrogens (tertiary/aromatic N) is 1. The van der Waals surface area contributed by atoms with Crippen LogP contribution in [0.15, 0.2) is 28.7 Å². The second-order valence-corrected chi connectivity index (χ2v) is 6.81. The first-order chi connectivity index (χ1) is 12.1. The Hall–Kier alpha value is -1.56. The lowest BCUT2D eigenvalue weighted by Gasteiger charge is -2.21. The molecule has 25 heavy (non-hydrogen) atoms. The molecule has 0 aliphatic heterocycles. The molecule has 0 atom stereocenters. The van der Waals surface area contributed by atoms with E-state index in [2.05, 4.69) is 35.1 Å². The molecule has 0 aromatic heterocycles. The molecule has 0 bridgehead atoms. The fraction of sp³-hybridized carbons (Fsp3) is 0.579. The zero-order chi connectivity index (χ0) is 18.5. The van der Waals surface area contributed by atoms with Crippen molar-refractivity contribution in [3.8, 4) is 5.75 Å². The third kappa shape index (κ3) is 9.48. The van der Waals surface area contributed by atoms with Gasteiger partial charge in [-0.3, -0.25) is 9.59 Å². The average molecular weight is 413 g/mol. The smallest absolute Gasteiger partial charge is 0.222 e. The lowest BCUT2D eigenvalue weighted by molar-refractivity contribution is -0.131. The van der Waals surface area contributed by atoms with Gasteiger partial charge in [0.05, 0.1) is 6.54 Å². The molecule has 1 rings (SSSR count). The van der Waals surface area contributed by atoms with E-state index in [1.54, 1.807) is 0 Å². The van der Waals surface area contributed by atoms with E-state index in [9.17, 15) is 9.59 Å². The van der Waals surface area contributed by atoms with Gasteiger partial charge in [0.25, 0.3) is 0 Å². The SMILES string of the molecule is CCCN(CCC)C(=O)CCCC(=O)NCCOc1cccc(Br)c1. The number of carbonyl (C=O) groups is 2. The van der Waals surface area contributed by atoms with Crippen LogP contribution in [0.3, 0.4) is 0 Å². The molecule has 0 spiro atoms. The molecule has 140 valence electrons. The minimum absolute atomic E-state index is 0.0387. The van der Waals surface area contributed by atoms with Crippen LogP contribution in [0, 0.1) is 0 Å². The summed E-state index contributed by atoms with van der Waals surface area (Å²) in [6, 6.07) is 7.58. The van der Waals surface area contributed by atoms with Crippen molar-refractivity contribution < 1.29 is 14.3 Å². The molecular weight excluding hydrogens is 384 g/mol. The highest BCUT2D eigenvalue weighted by Gasteiger charge is 2.12. The molecule has 0 fully saturated rings. The molecule has 0 unspecified atom stereocenters. The summed E-state index contributed by atoms with van der Waals surface area (Å²) in [7, 11) is 0. The molecule has 1 aromatic rings. The summed E-state index contributed by atoms with van der Waals surface area (Å²) in [6.45, 7) is 6.61. The van der Waals surface area contributed by atoms with E-state index in [0.717, 1.165) is 36.2 Å². The van der Waals surface area contributed by atoms with Crippen molar-refractivity contribution >= 4 is 27.7 Å². The Kier molecular flexibility index (Phi) is 11.0. The standard InChI is InChI=1S/C19H29BrN2O3/c1-3-12-22(13-4-2)19(24)10-6-9-18(23)21-11-14-25-17-8-5-7-16(20)15-17/h5,7-8,15H,3-4,6,9-14H2,1-2H3,(H,21,23). The van der Waals surface area contributed by atoms with E-state index >= 15 is 0 Å². The lowest BCUT2D eigenvalue weighted by atomic mass is 10.2. The van der Waals surface area contributed by atoms with Gasteiger partial charge in [0.15, 0.2) is 0 Å². The van der Waals surface area contributed by atoms with E-state index in [1.165, 1.54) is 0 Å². The maximum atomic E-state index is 12.1. The molecule has 0 aliphatic carbocycles. The summed E-state index contributed by atoms with van der Waals surface area (Å²) in [5.41, 5.74) is 0. The summed E-state index contributed by atoms with van der Waals surface area (Å²) in [5, 5.41) is 2.82. The number of halogens is 1. The zero-order valence-corrected chi connectivity index (χ0v) is 16.8. The van der Waals surface area contributed by atoms with Crippen LogP contribution in [0.2, 0.25) is 0 Å². The van der Waals surface area contributed by atoms with Gasteiger partial charge >= 0.3 is 0 Å². The predicted octanol–water partition coefficient (Wildman–Crippen LogP) is 3.76. The van der Waals surface area contributed by atoms with Gasteiger partial charge in [-0.1, -0.05) is 35.8 Å². The van der Waals surface area contributed by atoms with Crippen molar-refractivity contribution in [1.29, 1.82) is 0 Å². The van der Waals surface area contributed by atoms with Crippen LogP contribution >= 0.6 is 15.9 Å². The molecule has 2 amide bonds. The molecule has 1 aromatic carbocycles. The fourth-order valence-electron chi connectivity index (χ4n) is 2.46. The minimum atomic E-state index is -0.0387. The van der Waals surface area contributed by atoms with Gasteiger partial charge in [-0.15, -0.1) is 0 Å². The number of carbonyl (C=O) groups excluding carboxylic acids is 2. The second kappa shape index (κ2) is 12.8.